The second-order valence-corrected chi connectivity index (χ2v) is 13.3. The van der Waals surface area contributed by atoms with E-state index < -0.39 is 11.9 Å². The first-order valence-electron chi connectivity index (χ1n) is 17.5. The first kappa shape index (κ1) is 37.5. The van der Waals surface area contributed by atoms with Gasteiger partial charge in [0.2, 0.25) is 0 Å². The number of ketones is 1. The molecule has 0 spiro atoms. The molecular weight excluding hydrogens is 724 g/mol. The maximum atomic E-state index is 13.5. The van der Waals surface area contributed by atoms with Crippen molar-refractivity contribution in [2.75, 3.05) is 6.54 Å². The lowest BCUT2D eigenvalue weighted by atomic mass is 10.0. The number of carbonyl (C=O) groups excluding carboxylic acids is 3. The number of nitrogens with zero attached hydrogens (tertiary/aromatic N) is 7. The van der Waals surface area contributed by atoms with Crippen LogP contribution in [-0.4, -0.2) is 82.1 Å². The third-order valence-electron chi connectivity index (χ3n) is 9.02. The van der Waals surface area contributed by atoms with Gasteiger partial charge in [-0.1, -0.05) is 0 Å². The lowest BCUT2D eigenvalue weighted by Gasteiger charge is -2.24. The molecule has 0 radical (unpaired) electrons. The van der Waals surface area contributed by atoms with Crippen LogP contribution in [0.5, 0.6) is 11.5 Å². The largest absolute Gasteiger partial charge is 0.478 e. The predicted molar refractivity (Wildman–Crippen MR) is 195 cm³/mol. The first-order valence-corrected chi connectivity index (χ1v) is 17.5. The van der Waals surface area contributed by atoms with Crippen molar-refractivity contribution in [2.45, 2.75) is 52.1 Å². The average molecular weight is 759 g/mol. The molecule has 0 atom stereocenters. The average Bonchev–Trinajstić information content (AvgIpc) is 3.16. The number of aromatic carboxylic acids is 2. The quantitative estimate of drug-likeness (QED) is 0.136. The van der Waals surface area contributed by atoms with Gasteiger partial charge in [-0.25, -0.2) is 29.5 Å². The smallest absolute Gasteiger partial charge is 0.335 e. The number of hydrogen-bond acceptors (Lipinski definition) is 15. The lowest BCUT2D eigenvalue weighted by molar-refractivity contribution is -0.121. The Hall–Kier alpha value is -6.82. The molecule has 0 saturated heterocycles. The highest BCUT2D eigenvalue weighted by molar-refractivity contribution is 5.96. The van der Waals surface area contributed by atoms with Crippen molar-refractivity contribution in [2.24, 2.45) is 5.73 Å². The number of Topliss-reactive ketones (excluding diaryl/α,β-unsaturated/α-hetero) is 1. The maximum Gasteiger partial charge on any atom is 0.335 e. The number of carbonyl (C=O) groups is 5. The van der Waals surface area contributed by atoms with Crippen molar-refractivity contribution in [1.29, 1.82) is 0 Å². The molecule has 0 fully saturated rings. The molecule has 2 aliphatic heterocycles. The summed E-state index contributed by atoms with van der Waals surface area (Å²) < 4.78 is 10.5. The highest BCUT2D eigenvalue weighted by Gasteiger charge is 2.23. The van der Waals surface area contributed by atoms with Gasteiger partial charge >= 0.3 is 11.9 Å². The van der Waals surface area contributed by atoms with E-state index in [0.29, 0.717) is 52.7 Å². The second-order valence-electron chi connectivity index (χ2n) is 13.3. The van der Waals surface area contributed by atoms with E-state index in [9.17, 15) is 34.2 Å². The van der Waals surface area contributed by atoms with E-state index in [4.69, 9.17) is 40.1 Å². The van der Waals surface area contributed by atoms with Gasteiger partial charge < -0.3 is 25.4 Å². The Kier molecular flexibility index (Phi) is 10.9. The standard InChI is InChI=1S/C39H34N8O9/c40-3-1-2-37(50)22-4-25-14-46-16-27-6-23(38(51)52)8-33(42-27)35-12-31(55-20-48)10-29(44-35)18-47(15-26(5-22)41-25)19-30-11-32(56-21-49)13-36(45-30)34-9-24(39(53)54)7-28(17-46)43-34/h4-13,20-21H,1-3,14-19,40H2,(H,51,52)(H,53,54). The molecule has 5 aromatic heterocycles. The molecule has 12 bridgehead atoms. The normalized spacial score (nSPS) is 15.9. The van der Waals surface area contributed by atoms with Crippen LogP contribution in [0.3, 0.4) is 0 Å². The summed E-state index contributed by atoms with van der Waals surface area (Å²) in [5, 5.41) is 20.3. The number of carboxylic acids is 2. The topological polar surface area (TPSA) is 241 Å². The summed E-state index contributed by atoms with van der Waals surface area (Å²) in [6.07, 6.45) is 0.689. The fourth-order valence-corrected chi connectivity index (χ4v) is 6.73. The molecule has 17 heteroatoms. The zero-order valence-electron chi connectivity index (χ0n) is 29.8. The van der Waals surface area contributed by atoms with E-state index in [0.717, 1.165) is 0 Å². The number of pyridine rings is 5. The number of hydrogen-bond donors (Lipinski definition) is 3. The zero-order valence-corrected chi connectivity index (χ0v) is 29.8. The SMILES string of the molecule is NCCCC(=O)c1cc2nc(c1)CN1Cc3cc(C(=O)O)cc(n3)-c3cc(OC=O)cc(n3)CN(C2)Cc2cc(OC=O)cc(n2)-c2cc(C(=O)O)cc(n2)C1. The number of fused-ring (bicyclic) bond motifs is 12. The Morgan fingerprint density at radius 3 is 1.29 bits per heavy atom. The van der Waals surface area contributed by atoms with Gasteiger partial charge in [0.15, 0.2) is 5.78 Å². The van der Waals surface area contributed by atoms with E-state index in [2.05, 4.69) is 0 Å². The summed E-state index contributed by atoms with van der Waals surface area (Å²) in [5.74, 6) is -2.29. The summed E-state index contributed by atoms with van der Waals surface area (Å²) >= 11 is 0. The van der Waals surface area contributed by atoms with Crippen LogP contribution in [0.15, 0.2) is 60.7 Å². The number of aromatic nitrogens is 5. The molecule has 4 N–H and O–H groups in total. The second kappa shape index (κ2) is 16.3. The predicted octanol–water partition coefficient (Wildman–Crippen LogP) is 3.42. The molecule has 5 aromatic rings. The molecule has 0 aromatic carbocycles. The van der Waals surface area contributed by atoms with Gasteiger partial charge in [-0.3, -0.25) is 29.2 Å². The van der Waals surface area contributed by atoms with E-state index in [1.807, 2.05) is 9.80 Å². The Morgan fingerprint density at radius 1 is 0.554 bits per heavy atom. The third kappa shape index (κ3) is 8.76. The molecular formula is C39H34N8O9. The van der Waals surface area contributed by atoms with Gasteiger partial charge in [-0.05, 0) is 49.4 Å². The minimum atomic E-state index is -1.21. The van der Waals surface area contributed by atoms with Crippen LogP contribution >= 0.6 is 0 Å². The molecule has 0 unspecified atom stereocenters. The molecule has 7 rings (SSSR count). The summed E-state index contributed by atoms with van der Waals surface area (Å²) in [7, 11) is 0. The number of rotatable bonds is 10. The number of carboxylic acid groups (broad SMARTS) is 2. The molecule has 2 aliphatic rings. The Bertz CT molecular complexity index is 2260. The maximum absolute atomic E-state index is 13.5. The monoisotopic (exact) mass is 758 g/mol. The highest BCUT2D eigenvalue weighted by Crippen LogP contribution is 2.29. The third-order valence-corrected chi connectivity index (χ3v) is 9.02. The van der Waals surface area contributed by atoms with Gasteiger partial charge in [0.25, 0.3) is 12.9 Å². The highest BCUT2D eigenvalue weighted by atomic mass is 16.5. The lowest BCUT2D eigenvalue weighted by Crippen LogP contribution is -2.26. The molecule has 0 aliphatic carbocycles. The molecule has 17 nitrogen and oxygen atoms in total. The van der Waals surface area contributed by atoms with Gasteiger partial charge in [-0.15, -0.1) is 0 Å². The summed E-state index contributed by atoms with van der Waals surface area (Å²) in [4.78, 5) is 89.5. The van der Waals surface area contributed by atoms with E-state index in [1.54, 1.807) is 24.3 Å². The minimum absolute atomic E-state index is 0.0133. The van der Waals surface area contributed by atoms with Crippen LogP contribution in [0.25, 0.3) is 22.8 Å². The van der Waals surface area contributed by atoms with Gasteiger partial charge in [0, 0.05) is 75.5 Å². The van der Waals surface area contributed by atoms with Gasteiger partial charge in [-0.2, -0.15) is 0 Å². The number of nitrogens with two attached hydrogens (primary N) is 1. The van der Waals surface area contributed by atoms with Crippen molar-refractivity contribution >= 4 is 30.7 Å². The van der Waals surface area contributed by atoms with Crippen molar-refractivity contribution < 1.29 is 43.7 Å². The summed E-state index contributed by atoms with van der Waals surface area (Å²) in [6, 6.07) is 15.1. The Morgan fingerprint density at radius 2 is 0.911 bits per heavy atom. The summed E-state index contributed by atoms with van der Waals surface area (Å²) in [5.41, 5.74) is 9.34. The van der Waals surface area contributed by atoms with Gasteiger partial charge in [0.1, 0.15) is 11.5 Å². The van der Waals surface area contributed by atoms with Crippen LogP contribution in [0.2, 0.25) is 0 Å². The van der Waals surface area contributed by atoms with Crippen molar-refractivity contribution in [1.82, 2.24) is 34.7 Å². The van der Waals surface area contributed by atoms with Crippen LogP contribution in [-0.2, 0) is 48.9 Å². The molecule has 7 heterocycles. The fraction of sp³-hybridized carbons (Fsp3) is 0.231. The van der Waals surface area contributed by atoms with Crippen LogP contribution in [0, 0.1) is 0 Å². The van der Waals surface area contributed by atoms with Crippen LogP contribution < -0.4 is 15.2 Å². The fourth-order valence-electron chi connectivity index (χ4n) is 6.73. The molecule has 284 valence electrons. The van der Waals surface area contributed by atoms with Gasteiger partial charge in [0.05, 0.1) is 68.1 Å². The minimum Gasteiger partial charge on any atom is -0.478 e. The van der Waals surface area contributed by atoms with Crippen molar-refractivity contribution in [3.8, 4) is 34.3 Å². The molecule has 0 amide bonds. The van der Waals surface area contributed by atoms with E-state index in [-0.39, 0.29) is 110 Å². The number of ether oxygens (including phenoxy) is 2. The van der Waals surface area contributed by atoms with Crippen molar-refractivity contribution in [3.63, 3.8) is 0 Å². The zero-order chi connectivity index (χ0) is 39.3. The van der Waals surface area contributed by atoms with Crippen molar-refractivity contribution in [3.05, 3.63) is 112 Å². The van der Waals surface area contributed by atoms with E-state index in [1.165, 1.54) is 36.4 Å². The summed E-state index contributed by atoms with van der Waals surface area (Å²) in [6.45, 7) is 1.32. The van der Waals surface area contributed by atoms with Crippen LogP contribution in [0.1, 0.15) is 78.1 Å². The van der Waals surface area contributed by atoms with Crippen LogP contribution in [0.4, 0.5) is 0 Å². The Labute approximate surface area is 318 Å². The Balaban J connectivity index is 1.52. The first-order chi connectivity index (χ1) is 27.0. The molecule has 56 heavy (non-hydrogen) atoms. The molecule has 0 saturated carbocycles. The van der Waals surface area contributed by atoms with E-state index >= 15 is 0 Å².